The highest BCUT2D eigenvalue weighted by Crippen LogP contribution is 2.45. The van der Waals surface area contributed by atoms with Crippen LogP contribution in [-0.4, -0.2) is 19.8 Å². The molecule has 1 aliphatic carbocycles. The van der Waals surface area contributed by atoms with Gasteiger partial charge in [0, 0.05) is 16.6 Å². The van der Waals surface area contributed by atoms with Crippen LogP contribution < -0.4 is 10.1 Å². The van der Waals surface area contributed by atoms with Crippen LogP contribution >= 0.6 is 11.6 Å². The number of hydrogen-bond acceptors (Lipinski definition) is 3. The number of carbonyl (C=O) groups excluding carboxylic acids is 1. The summed E-state index contributed by atoms with van der Waals surface area (Å²) in [6, 6.07) is 21.1. The van der Waals surface area contributed by atoms with Crippen molar-refractivity contribution in [2.45, 2.75) is 5.92 Å². The van der Waals surface area contributed by atoms with Crippen molar-refractivity contribution in [1.29, 1.82) is 0 Å². The fraction of sp³-hybridized carbons (Fsp3) is 0.136. The summed E-state index contributed by atoms with van der Waals surface area (Å²) in [5, 5.41) is 3.41. The van der Waals surface area contributed by atoms with E-state index in [0.717, 1.165) is 28.0 Å². The van der Waals surface area contributed by atoms with E-state index >= 15 is 0 Å². The third-order valence-electron chi connectivity index (χ3n) is 4.73. The van der Waals surface area contributed by atoms with Gasteiger partial charge in [-0.3, -0.25) is 5.32 Å². The van der Waals surface area contributed by atoms with Gasteiger partial charge in [0.2, 0.25) is 0 Å². The average Bonchev–Trinajstić information content (AvgIpc) is 3.00. The summed E-state index contributed by atoms with van der Waals surface area (Å²) < 4.78 is 10.6. The zero-order valence-electron chi connectivity index (χ0n) is 14.7. The van der Waals surface area contributed by atoms with E-state index in [-0.39, 0.29) is 12.5 Å². The quantitative estimate of drug-likeness (QED) is 0.631. The Kier molecular flexibility index (Phi) is 4.73. The Labute approximate surface area is 162 Å². The zero-order chi connectivity index (χ0) is 18.8. The van der Waals surface area contributed by atoms with Gasteiger partial charge in [0.15, 0.2) is 0 Å². The maximum atomic E-state index is 12.2. The van der Waals surface area contributed by atoms with Crippen LogP contribution in [0.5, 0.6) is 5.75 Å². The first kappa shape index (κ1) is 17.4. The summed E-state index contributed by atoms with van der Waals surface area (Å²) >= 11 is 6.20. The van der Waals surface area contributed by atoms with Crippen molar-refractivity contribution in [2.75, 3.05) is 19.0 Å². The van der Waals surface area contributed by atoms with Crippen molar-refractivity contribution in [2.24, 2.45) is 0 Å². The summed E-state index contributed by atoms with van der Waals surface area (Å²) in [4.78, 5) is 12.2. The summed E-state index contributed by atoms with van der Waals surface area (Å²) in [6.45, 7) is 0.242. The van der Waals surface area contributed by atoms with Crippen molar-refractivity contribution in [3.05, 3.63) is 82.9 Å². The predicted molar refractivity (Wildman–Crippen MR) is 107 cm³/mol. The third-order valence-corrected chi connectivity index (χ3v) is 4.97. The smallest absolute Gasteiger partial charge is 0.411 e. The molecule has 0 aromatic heterocycles. The first-order valence-corrected chi connectivity index (χ1v) is 9.00. The molecule has 3 aromatic rings. The van der Waals surface area contributed by atoms with Crippen molar-refractivity contribution in [3.63, 3.8) is 0 Å². The fourth-order valence-electron chi connectivity index (χ4n) is 3.45. The Morgan fingerprint density at radius 1 is 1.00 bits per heavy atom. The molecule has 0 radical (unpaired) electrons. The average molecular weight is 380 g/mol. The van der Waals surface area contributed by atoms with Gasteiger partial charge in [-0.2, -0.15) is 0 Å². The minimum atomic E-state index is -0.492. The number of benzene rings is 3. The molecule has 5 heteroatoms. The van der Waals surface area contributed by atoms with Gasteiger partial charge >= 0.3 is 6.09 Å². The summed E-state index contributed by atoms with van der Waals surface area (Å²) in [5.74, 6) is 0.696. The highest BCUT2D eigenvalue weighted by Gasteiger charge is 2.29. The molecule has 4 rings (SSSR count). The standard InChI is InChI=1S/C22H18ClNO3/c1-26-16-9-7-15(8-10-16)24-22(25)27-13-21-18-5-3-2-4-17(18)19-11-6-14(23)12-20(19)21/h2-12,21H,13H2,1H3,(H,24,25). The number of anilines is 1. The topological polar surface area (TPSA) is 47.6 Å². The number of fused-ring (bicyclic) bond motifs is 3. The van der Waals surface area contributed by atoms with Crippen LogP contribution in [0.2, 0.25) is 5.02 Å². The van der Waals surface area contributed by atoms with E-state index in [2.05, 4.69) is 17.4 Å². The van der Waals surface area contributed by atoms with E-state index < -0.39 is 6.09 Å². The third kappa shape index (κ3) is 3.49. The largest absolute Gasteiger partial charge is 0.497 e. The highest BCUT2D eigenvalue weighted by atomic mass is 35.5. The number of hydrogen-bond donors (Lipinski definition) is 1. The lowest BCUT2D eigenvalue weighted by atomic mass is 9.98. The summed E-state index contributed by atoms with van der Waals surface area (Å²) in [7, 11) is 1.60. The molecule has 136 valence electrons. The molecule has 1 N–H and O–H groups in total. The van der Waals surface area contributed by atoms with Crippen molar-refractivity contribution >= 4 is 23.4 Å². The second-order valence-corrected chi connectivity index (χ2v) is 6.76. The second-order valence-electron chi connectivity index (χ2n) is 6.32. The lowest BCUT2D eigenvalue weighted by Crippen LogP contribution is -2.17. The molecule has 0 saturated heterocycles. The molecular weight excluding hydrogens is 362 g/mol. The maximum Gasteiger partial charge on any atom is 0.411 e. The number of methoxy groups -OCH3 is 1. The predicted octanol–water partition coefficient (Wildman–Crippen LogP) is 5.71. The molecule has 0 bridgehead atoms. The number of amides is 1. The van der Waals surface area contributed by atoms with Gasteiger partial charge in [0.1, 0.15) is 12.4 Å². The first-order chi connectivity index (χ1) is 13.2. The normalized spacial score (nSPS) is 14.2. The Bertz CT molecular complexity index is 985. The lowest BCUT2D eigenvalue weighted by Gasteiger charge is -2.15. The molecule has 4 nitrogen and oxygen atoms in total. The van der Waals surface area contributed by atoms with E-state index in [9.17, 15) is 4.79 Å². The van der Waals surface area contributed by atoms with Crippen LogP contribution in [0.1, 0.15) is 17.0 Å². The molecule has 1 aliphatic rings. The van der Waals surface area contributed by atoms with Crippen molar-refractivity contribution < 1.29 is 14.3 Å². The van der Waals surface area contributed by atoms with E-state index in [1.807, 2.05) is 30.3 Å². The van der Waals surface area contributed by atoms with Gasteiger partial charge in [0.05, 0.1) is 7.11 Å². The molecule has 0 aliphatic heterocycles. The summed E-state index contributed by atoms with van der Waals surface area (Å²) in [6.07, 6.45) is -0.492. The molecule has 0 spiro atoms. The molecule has 0 fully saturated rings. The monoisotopic (exact) mass is 379 g/mol. The van der Waals surface area contributed by atoms with Gasteiger partial charge < -0.3 is 9.47 Å². The van der Waals surface area contributed by atoms with Crippen molar-refractivity contribution in [1.82, 2.24) is 0 Å². The van der Waals surface area contributed by atoms with Crippen LogP contribution in [0.25, 0.3) is 11.1 Å². The molecule has 0 saturated carbocycles. The number of nitrogens with one attached hydrogen (secondary N) is 1. The van der Waals surface area contributed by atoms with Crippen LogP contribution in [0.4, 0.5) is 10.5 Å². The summed E-state index contributed by atoms with van der Waals surface area (Å²) in [5.41, 5.74) is 5.18. The number of carbonyl (C=O) groups is 1. The zero-order valence-corrected chi connectivity index (χ0v) is 15.5. The Hall–Kier alpha value is -2.98. The Balaban J connectivity index is 1.49. The molecular formula is C22H18ClNO3. The SMILES string of the molecule is COc1ccc(NC(=O)OCC2c3ccccc3-c3ccc(Cl)cc32)cc1. The van der Waals surface area contributed by atoms with E-state index in [4.69, 9.17) is 21.1 Å². The van der Waals surface area contributed by atoms with Crippen LogP contribution in [0.3, 0.4) is 0 Å². The minimum absolute atomic E-state index is 0.0310. The van der Waals surface area contributed by atoms with Gasteiger partial charge in [-0.1, -0.05) is 41.9 Å². The van der Waals surface area contributed by atoms with Crippen LogP contribution in [0, 0.1) is 0 Å². The molecule has 27 heavy (non-hydrogen) atoms. The van der Waals surface area contributed by atoms with E-state index in [1.54, 1.807) is 31.4 Å². The first-order valence-electron chi connectivity index (χ1n) is 8.62. The number of rotatable bonds is 4. The molecule has 3 aromatic carbocycles. The van der Waals surface area contributed by atoms with Gasteiger partial charge in [-0.15, -0.1) is 0 Å². The van der Waals surface area contributed by atoms with E-state index in [1.165, 1.54) is 0 Å². The van der Waals surface area contributed by atoms with Crippen LogP contribution in [0.15, 0.2) is 66.7 Å². The Morgan fingerprint density at radius 2 is 1.74 bits per heavy atom. The molecule has 1 unspecified atom stereocenters. The maximum absolute atomic E-state index is 12.2. The lowest BCUT2D eigenvalue weighted by molar-refractivity contribution is 0.158. The van der Waals surface area contributed by atoms with Gasteiger partial charge in [-0.25, -0.2) is 4.79 Å². The van der Waals surface area contributed by atoms with Gasteiger partial charge in [0.25, 0.3) is 0 Å². The molecule has 0 heterocycles. The van der Waals surface area contributed by atoms with Crippen molar-refractivity contribution in [3.8, 4) is 16.9 Å². The van der Waals surface area contributed by atoms with Crippen LogP contribution in [-0.2, 0) is 4.74 Å². The fourth-order valence-corrected chi connectivity index (χ4v) is 3.63. The highest BCUT2D eigenvalue weighted by molar-refractivity contribution is 6.30. The van der Waals surface area contributed by atoms with E-state index in [0.29, 0.717) is 10.7 Å². The number of halogens is 1. The molecule has 1 amide bonds. The minimum Gasteiger partial charge on any atom is -0.497 e. The number of ether oxygens (including phenoxy) is 2. The Morgan fingerprint density at radius 3 is 2.52 bits per heavy atom. The molecule has 1 atom stereocenters. The van der Waals surface area contributed by atoms with Gasteiger partial charge in [-0.05, 0) is 58.7 Å². The second kappa shape index (κ2) is 7.33.